The summed E-state index contributed by atoms with van der Waals surface area (Å²) in [6.45, 7) is 2.59. The summed E-state index contributed by atoms with van der Waals surface area (Å²) in [5.74, 6) is 0.965. The van der Waals surface area contributed by atoms with E-state index in [2.05, 4.69) is 37.3 Å². The number of hydrogen-bond acceptors (Lipinski definition) is 4. The van der Waals surface area contributed by atoms with Crippen molar-refractivity contribution in [2.24, 2.45) is 0 Å². The normalized spacial score (nSPS) is 12.6. The summed E-state index contributed by atoms with van der Waals surface area (Å²) >= 11 is 1.57. The number of thiazole rings is 1. The number of aromatic nitrogens is 1. The summed E-state index contributed by atoms with van der Waals surface area (Å²) in [7, 11) is 0. The molecular weight excluding hydrogens is 452 g/mol. The molecule has 0 spiro atoms. The highest BCUT2D eigenvalue weighted by molar-refractivity contribution is 7.22. The van der Waals surface area contributed by atoms with Crippen LogP contribution in [0.4, 0.5) is 5.13 Å². The standard InChI is InChI=1S/C30H24N2O2S/c1-2-20-16-17-24-27(18-20)35-30(31-24)32(19-21-10-4-3-5-11-21)29(33)28-22-12-6-8-14-25(22)34-26-15-9-7-13-23(26)28/h3-18,28H,2,19H2,1H3. The molecule has 0 saturated heterocycles. The smallest absolute Gasteiger partial charge is 0.241 e. The van der Waals surface area contributed by atoms with E-state index in [4.69, 9.17) is 9.72 Å². The van der Waals surface area contributed by atoms with Gasteiger partial charge in [-0.2, -0.15) is 0 Å². The molecule has 4 nitrogen and oxygen atoms in total. The number of amides is 1. The van der Waals surface area contributed by atoms with Gasteiger partial charge in [-0.1, -0.05) is 91.1 Å². The van der Waals surface area contributed by atoms with Crippen LogP contribution in [0.3, 0.4) is 0 Å². The lowest BCUT2D eigenvalue weighted by molar-refractivity contribution is -0.119. The van der Waals surface area contributed by atoms with Crippen molar-refractivity contribution in [2.75, 3.05) is 4.90 Å². The molecule has 0 fully saturated rings. The van der Waals surface area contributed by atoms with Gasteiger partial charge in [-0.25, -0.2) is 4.98 Å². The predicted octanol–water partition coefficient (Wildman–Crippen LogP) is 7.33. The number of aryl methyl sites for hydroxylation is 1. The van der Waals surface area contributed by atoms with Gasteiger partial charge < -0.3 is 4.74 Å². The average molecular weight is 477 g/mol. The Hall–Kier alpha value is -3.96. The molecular formula is C30H24N2O2S. The Morgan fingerprint density at radius 3 is 2.20 bits per heavy atom. The Morgan fingerprint density at radius 1 is 0.857 bits per heavy atom. The van der Waals surface area contributed by atoms with Crippen LogP contribution in [0.15, 0.2) is 97.1 Å². The van der Waals surface area contributed by atoms with E-state index >= 15 is 0 Å². The van der Waals surface area contributed by atoms with Crippen molar-refractivity contribution in [1.82, 2.24) is 4.98 Å². The first-order chi connectivity index (χ1) is 17.2. The molecule has 1 aromatic heterocycles. The molecule has 4 aromatic carbocycles. The van der Waals surface area contributed by atoms with Gasteiger partial charge in [0.05, 0.1) is 22.7 Å². The maximum Gasteiger partial charge on any atom is 0.241 e. The van der Waals surface area contributed by atoms with Gasteiger partial charge in [-0.15, -0.1) is 0 Å². The Bertz CT molecular complexity index is 1480. The molecule has 5 aromatic rings. The first kappa shape index (κ1) is 21.6. The molecule has 0 saturated carbocycles. The maximum absolute atomic E-state index is 14.5. The minimum Gasteiger partial charge on any atom is -0.457 e. The molecule has 1 aliphatic rings. The van der Waals surface area contributed by atoms with Gasteiger partial charge in [-0.05, 0) is 41.8 Å². The lowest BCUT2D eigenvalue weighted by Crippen LogP contribution is -2.36. The maximum atomic E-state index is 14.5. The van der Waals surface area contributed by atoms with E-state index in [0.717, 1.165) is 44.8 Å². The average Bonchev–Trinajstić information content (AvgIpc) is 3.33. The zero-order chi connectivity index (χ0) is 23.8. The minimum atomic E-state index is -0.474. The Morgan fingerprint density at radius 2 is 1.51 bits per heavy atom. The van der Waals surface area contributed by atoms with Crippen molar-refractivity contribution in [3.8, 4) is 11.5 Å². The second-order valence-corrected chi connectivity index (χ2v) is 9.68. The molecule has 2 heterocycles. The zero-order valence-electron chi connectivity index (χ0n) is 19.3. The number of ether oxygens (including phenoxy) is 1. The van der Waals surface area contributed by atoms with Crippen molar-refractivity contribution in [2.45, 2.75) is 25.8 Å². The van der Waals surface area contributed by atoms with Crippen molar-refractivity contribution < 1.29 is 9.53 Å². The van der Waals surface area contributed by atoms with Crippen LogP contribution in [0.1, 0.15) is 35.1 Å². The van der Waals surface area contributed by atoms with Gasteiger partial charge >= 0.3 is 0 Å². The van der Waals surface area contributed by atoms with Crippen molar-refractivity contribution in [1.29, 1.82) is 0 Å². The first-order valence-corrected chi connectivity index (χ1v) is 12.6. The topological polar surface area (TPSA) is 42.4 Å². The third kappa shape index (κ3) is 3.98. The molecule has 0 N–H and O–H groups in total. The number of hydrogen-bond donors (Lipinski definition) is 0. The largest absolute Gasteiger partial charge is 0.457 e. The fourth-order valence-electron chi connectivity index (χ4n) is 4.63. The van der Waals surface area contributed by atoms with Gasteiger partial charge in [0, 0.05) is 11.1 Å². The van der Waals surface area contributed by atoms with Crippen LogP contribution in [0.2, 0.25) is 0 Å². The zero-order valence-corrected chi connectivity index (χ0v) is 20.2. The van der Waals surface area contributed by atoms with Crippen LogP contribution in [0.5, 0.6) is 11.5 Å². The van der Waals surface area contributed by atoms with E-state index < -0.39 is 5.92 Å². The van der Waals surface area contributed by atoms with E-state index in [1.807, 2.05) is 71.6 Å². The van der Waals surface area contributed by atoms with Crippen molar-refractivity contribution >= 4 is 32.6 Å². The summed E-state index contributed by atoms with van der Waals surface area (Å²) < 4.78 is 7.25. The molecule has 1 aliphatic heterocycles. The molecule has 35 heavy (non-hydrogen) atoms. The van der Waals surface area contributed by atoms with Crippen LogP contribution >= 0.6 is 11.3 Å². The molecule has 0 bridgehead atoms. The van der Waals surface area contributed by atoms with Gasteiger partial charge in [0.1, 0.15) is 11.5 Å². The third-order valence-corrected chi connectivity index (χ3v) is 7.50. The van der Waals surface area contributed by atoms with E-state index in [1.165, 1.54) is 5.56 Å². The van der Waals surface area contributed by atoms with E-state index in [0.29, 0.717) is 11.7 Å². The summed E-state index contributed by atoms with van der Waals surface area (Å²) in [6, 6.07) is 32.1. The number of anilines is 1. The lowest BCUT2D eigenvalue weighted by Gasteiger charge is -2.31. The molecule has 0 unspecified atom stereocenters. The van der Waals surface area contributed by atoms with Gasteiger partial charge in [-0.3, -0.25) is 9.69 Å². The molecule has 6 rings (SSSR count). The Balaban J connectivity index is 1.49. The number of carbonyl (C=O) groups is 1. The van der Waals surface area contributed by atoms with Crippen LogP contribution in [-0.2, 0) is 17.8 Å². The van der Waals surface area contributed by atoms with Crippen LogP contribution in [-0.4, -0.2) is 10.9 Å². The van der Waals surface area contributed by atoms with E-state index in [9.17, 15) is 4.79 Å². The SMILES string of the molecule is CCc1ccc2nc(N(Cc3ccccc3)C(=O)C3c4ccccc4Oc4ccccc43)sc2c1. The molecule has 0 atom stereocenters. The highest BCUT2D eigenvalue weighted by Gasteiger charge is 2.36. The fraction of sp³-hybridized carbons (Fsp3) is 0.133. The van der Waals surface area contributed by atoms with Crippen molar-refractivity contribution in [3.63, 3.8) is 0 Å². The second-order valence-electron chi connectivity index (χ2n) is 8.67. The highest BCUT2D eigenvalue weighted by atomic mass is 32.1. The predicted molar refractivity (Wildman–Crippen MR) is 141 cm³/mol. The molecule has 172 valence electrons. The van der Waals surface area contributed by atoms with Gasteiger partial charge in [0.25, 0.3) is 0 Å². The summed E-state index contributed by atoms with van der Waals surface area (Å²) in [6.07, 6.45) is 0.964. The highest BCUT2D eigenvalue weighted by Crippen LogP contribution is 2.45. The van der Waals surface area contributed by atoms with Crippen molar-refractivity contribution in [3.05, 3.63) is 119 Å². The van der Waals surface area contributed by atoms with Gasteiger partial charge in [0.2, 0.25) is 5.91 Å². The van der Waals surface area contributed by atoms with E-state index in [1.54, 1.807) is 11.3 Å². The van der Waals surface area contributed by atoms with E-state index in [-0.39, 0.29) is 5.91 Å². The lowest BCUT2D eigenvalue weighted by atomic mass is 9.87. The molecule has 1 amide bonds. The Labute approximate surface area is 208 Å². The van der Waals surface area contributed by atoms with Crippen LogP contribution in [0, 0.1) is 0 Å². The van der Waals surface area contributed by atoms with Crippen LogP contribution < -0.4 is 9.64 Å². The second kappa shape index (κ2) is 9.01. The van der Waals surface area contributed by atoms with Crippen LogP contribution in [0.25, 0.3) is 10.2 Å². The summed E-state index contributed by atoms with van der Waals surface area (Å²) in [5.41, 5.74) is 5.00. The number of carbonyl (C=O) groups excluding carboxylic acids is 1. The molecule has 0 aliphatic carbocycles. The number of para-hydroxylation sites is 2. The number of benzene rings is 4. The summed E-state index contributed by atoms with van der Waals surface area (Å²) in [4.78, 5) is 21.2. The number of nitrogens with zero attached hydrogens (tertiary/aromatic N) is 2. The quantitative estimate of drug-likeness (QED) is 0.267. The number of rotatable bonds is 5. The minimum absolute atomic E-state index is 0.00757. The third-order valence-electron chi connectivity index (χ3n) is 6.46. The monoisotopic (exact) mass is 476 g/mol. The molecule has 0 radical (unpaired) electrons. The first-order valence-electron chi connectivity index (χ1n) is 11.8. The molecule has 5 heteroatoms. The van der Waals surface area contributed by atoms with Gasteiger partial charge in [0.15, 0.2) is 5.13 Å². The summed E-state index contributed by atoms with van der Waals surface area (Å²) in [5, 5.41) is 0.712. The fourth-order valence-corrected chi connectivity index (χ4v) is 5.66. The number of fused-ring (bicyclic) bond motifs is 3. The Kier molecular flexibility index (Phi) is 5.55.